The number of carboxylic acids is 1. The van der Waals surface area contributed by atoms with E-state index in [1.807, 2.05) is 43.3 Å². The lowest BCUT2D eigenvalue weighted by molar-refractivity contribution is 0.0696. The second kappa shape index (κ2) is 8.25. The zero-order valence-electron chi connectivity index (χ0n) is 14.5. The third-order valence-corrected chi connectivity index (χ3v) is 3.82. The Kier molecular flexibility index (Phi) is 5.59. The quantitative estimate of drug-likeness (QED) is 0.609. The van der Waals surface area contributed by atoms with Crippen LogP contribution in [0.2, 0.25) is 0 Å². The van der Waals surface area contributed by atoms with Gasteiger partial charge in [0.1, 0.15) is 19.0 Å². The van der Waals surface area contributed by atoms with Crippen LogP contribution in [0.25, 0.3) is 10.8 Å². The first-order chi connectivity index (χ1) is 12.7. The number of ether oxygens (including phenoxy) is 3. The fourth-order valence-corrected chi connectivity index (χ4v) is 2.60. The topological polar surface area (TPSA) is 65.0 Å². The molecule has 0 aliphatic heterocycles. The third-order valence-electron chi connectivity index (χ3n) is 3.82. The van der Waals surface area contributed by atoms with Crippen LogP contribution in [-0.4, -0.2) is 30.9 Å². The molecule has 3 aromatic carbocycles. The highest BCUT2D eigenvalue weighted by atomic mass is 16.5. The van der Waals surface area contributed by atoms with E-state index in [1.54, 1.807) is 6.07 Å². The summed E-state index contributed by atoms with van der Waals surface area (Å²) in [7, 11) is 0. The van der Waals surface area contributed by atoms with Gasteiger partial charge in [0.2, 0.25) is 0 Å². The minimum atomic E-state index is -1.00. The van der Waals surface area contributed by atoms with E-state index < -0.39 is 5.97 Å². The minimum absolute atomic E-state index is 0.160. The van der Waals surface area contributed by atoms with E-state index in [4.69, 9.17) is 19.3 Å². The van der Waals surface area contributed by atoms with Gasteiger partial charge in [0.25, 0.3) is 0 Å². The fraction of sp³-hybridized carbons (Fsp3) is 0.190. The highest BCUT2D eigenvalue weighted by Gasteiger charge is 2.10. The second-order valence-corrected chi connectivity index (χ2v) is 5.61. The Morgan fingerprint density at radius 1 is 0.846 bits per heavy atom. The first-order valence-electron chi connectivity index (χ1n) is 8.42. The summed E-state index contributed by atoms with van der Waals surface area (Å²) in [6.45, 7) is 2.94. The molecule has 0 aliphatic rings. The molecule has 0 aromatic heterocycles. The maximum Gasteiger partial charge on any atom is 0.335 e. The maximum absolute atomic E-state index is 11.1. The van der Waals surface area contributed by atoms with Crippen LogP contribution in [-0.2, 0) is 0 Å². The lowest BCUT2D eigenvalue weighted by Crippen LogP contribution is -2.10. The van der Waals surface area contributed by atoms with Gasteiger partial charge in [-0.05, 0) is 48.0 Å². The van der Waals surface area contributed by atoms with Crippen molar-refractivity contribution in [3.63, 3.8) is 0 Å². The first kappa shape index (κ1) is 17.6. The molecule has 0 fully saturated rings. The molecule has 0 atom stereocenters. The Balaban J connectivity index is 1.59. The number of fused-ring (bicyclic) bond motifs is 1. The zero-order chi connectivity index (χ0) is 18.4. The van der Waals surface area contributed by atoms with Crippen LogP contribution in [0.3, 0.4) is 0 Å². The summed E-state index contributed by atoms with van der Waals surface area (Å²) in [6.07, 6.45) is 0. The molecule has 26 heavy (non-hydrogen) atoms. The second-order valence-electron chi connectivity index (χ2n) is 5.61. The Bertz CT molecular complexity index is 904. The number of benzene rings is 3. The number of carbonyl (C=O) groups is 1. The average Bonchev–Trinajstić information content (AvgIpc) is 2.66. The molecule has 0 radical (unpaired) electrons. The van der Waals surface area contributed by atoms with E-state index in [1.165, 1.54) is 12.1 Å². The van der Waals surface area contributed by atoms with E-state index in [9.17, 15) is 4.79 Å². The number of rotatable bonds is 8. The number of hydrogen-bond acceptors (Lipinski definition) is 4. The van der Waals surface area contributed by atoms with E-state index in [-0.39, 0.29) is 5.56 Å². The summed E-state index contributed by atoms with van der Waals surface area (Å²) in [5, 5.41) is 11.3. The van der Waals surface area contributed by atoms with Crippen molar-refractivity contribution in [2.45, 2.75) is 6.92 Å². The van der Waals surface area contributed by atoms with Gasteiger partial charge in [0.15, 0.2) is 11.5 Å². The van der Waals surface area contributed by atoms with E-state index in [2.05, 4.69) is 6.07 Å². The largest absolute Gasteiger partial charge is 0.490 e. The molecule has 3 aromatic rings. The van der Waals surface area contributed by atoms with Crippen molar-refractivity contribution in [2.75, 3.05) is 19.8 Å². The maximum atomic E-state index is 11.1. The zero-order valence-corrected chi connectivity index (χ0v) is 14.5. The molecule has 134 valence electrons. The van der Waals surface area contributed by atoms with Gasteiger partial charge in [-0.15, -0.1) is 0 Å². The third kappa shape index (κ3) is 4.25. The molecule has 0 unspecified atom stereocenters. The summed E-state index contributed by atoms with van der Waals surface area (Å²) in [4.78, 5) is 11.1. The first-order valence-corrected chi connectivity index (χ1v) is 8.42. The van der Waals surface area contributed by atoms with Crippen LogP contribution < -0.4 is 14.2 Å². The predicted octanol–water partition coefficient (Wildman–Crippen LogP) is 4.39. The molecular formula is C21H20O5. The fourth-order valence-electron chi connectivity index (χ4n) is 2.60. The Morgan fingerprint density at radius 3 is 2.38 bits per heavy atom. The van der Waals surface area contributed by atoms with Crippen molar-refractivity contribution < 1.29 is 24.1 Å². The standard InChI is InChI=1S/C21H20O5/c1-2-24-20-14-17(21(22)23)8-10-19(20)26-12-11-25-18-9-7-15-5-3-4-6-16(15)13-18/h3-10,13-14H,2,11-12H2,1H3,(H,22,23). The van der Waals surface area contributed by atoms with E-state index in [0.29, 0.717) is 31.3 Å². The normalized spacial score (nSPS) is 10.5. The van der Waals surface area contributed by atoms with Gasteiger partial charge in [-0.1, -0.05) is 30.3 Å². The van der Waals surface area contributed by atoms with Gasteiger partial charge < -0.3 is 19.3 Å². The van der Waals surface area contributed by atoms with Crippen LogP contribution in [0.5, 0.6) is 17.2 Å². The predicted molar refractivity (Wildman–Crippen MR) is 99.5 cm³/mol. The molecule has 5 nitrogen and oxygen atoms in total. The number of carboxylic acid groups (broad SMARTS) is 1. The summed E-state index contributed by atoms with van der Waals surface area (Å²) in [6, 6.07) is 18.6. The van der Waals surface area contributed by atoms with Crippen molar-refractivity contribution in [1.29, 1.82) is 0 Å². The highest BCUT2D eigenvalue weighted by molar-refractivity contribution is 5.88. The lowest BCUT2D eigenvalue weighted by atomic mass is 10.1. The van der Waals surface area contributed by atoms with Crippen LogP contribution in [0, 0.1) is 0 Å². The minimum Gasteiger partial charge on any atom is -0.490 e. The molecule has 0 saturated carbocycles. The van der Waals surface area contributed by atoms with Crippen LogP contribution in [0.4, 0.5) is 0 Å². The molecule has 0 amide bonds. The monoisotopic (exact) mass is 352 g/mol. The van der Waals surface area contributed by atoms with Gasteiger partial charge in [-0.25, -0.2) is 4.79 Å². The molecular weight excluding hydrogens is 332 g/mol. The Morgan fingerprint density at radius 2 is 1.62 bits per heavy atom. The van der Waals surface area contributed by atoms with Gasteiger partial charge in [0, 0.05) is 0 Å². The van der Waals surface area contributed by atoms with E-state index >= 15 is 0 Å². The summed E-state index contributed by atoms with van der Waals surface area (Å²) in [5.41, 5.74) is 0.160. The van der Waals surface area contributed by atoms with Crippen molar-refractivity contribution in [1.82, 2.24) is 0 Å². The molecule has 3 rings (SSSR count). The van der Waals surface area contributed by atoms with Gasteiger partial charge in [-0.3, -0.25) is 0 Å². The van der Waals surface area contributed by atoms with Crippen molar-refractivity contribution >= 4 is 16.7 Å². The van der Waals surface area contributed by atoms with Gasteiger partial charge in [0.05, 0.1) is 12.2 Å². The smallest absolute Gasteiger partial charge is 0.335 e. The SMILES string of the molecule is CCOc1cc(C(=O)O)ccc1OCCOc1ccc2ccccc2c1. The van der Waals surface area contributed by atoms with Crippen molar-refractivity contribution in [3.05, 3.63) is 66.2 Å². The molecule has 0 heterocycles. The van der Waals surface area contributed by atoms with Crippen LogP contribution in [0.15, 0.2) is 60.7 Å². The highest BCUT2D eigenvalue weighted by Crippen LogP contribution is 2.28. The summed E-state index contributed by atoms with van der Waals surface area (Å²) < 4.78 is 16.9. The molecule has 5 heteroatoms. The number of aromatic carboxylic acids is 1. The van der Waals surface area contributed by atoms with Crippen molar-refractivity contribution in [2.24, 2.45) is 0 Å². The average molecular weight is 352 g/mol. The van der Waals surface area contributed by atoms with Crippen molar-refractivity contribution in [3.8, 4) is 17.2 Å². The molecule has 0 bridgehead atoms. The van der Waals surface area contributed by atoms with Gasteiger partial charge in [-0.2, -0.15) is 0 Å². The van der Waals surface area contributed by atoms with Crippen LogP contribution in [0.1, 0.15) is 17.3 Å². The van der Waals surface area contributed by atoms with E-state index in [0.717, 1.165) is 16.5 Å². The molecule has 0 aliphatic carbocycles. The number of hydrogen-bond donors (Lipinski definition) is 1. The summed E-state index contributed by atoms with van der Waals surface area (Å²) >= 11 is 0. The molecule has 0 spiro atoms. The summed E-state index contributed by atoms with van der Waals surface area (Å²) in [5.74, 6) is 0.688. The lowest BCUT2D eigenvalue weighted by Gasteiger charge is -2.13. The molecule has 0 saturated heterocycles. The Hall–Kier alpha value is -3.21. The Labute approximate surface area is 151 Å². The van der Waals surface area contributed by atoms with Gasteiger partial charge >= 0.3 is 5.97 Å². The van der Waals surface area contributed by atoms with Crippen LogP contribution >= 0.6 is 0 Å². The molecule has 1 N–H and O–H groups in total.